The van der Waals surface area contributed by atoms with Crippen LogP contribution >= 0.6 is 12.2 Å². The second kappa shape index (κ2) is 9.36. The maximum Gasteiger partial charge on any atom is 0.338 e. The number of ether oxygens (including phenoxy) is 2. The fourth-order valence-electron chi connectivity index (χ4n) is 2.79. The summed E-state index contributed by atoms with van der Waals surface area (Å²) >= 11 is 5.34. The smallest absolute Gasteiger partial charge is 0.338 e. The van der Waals surface area contributed by atoms with E-state index in [2.05, 4.69) is 10.6 Å². The molecule has 0 amide bonds. The average Bonchev–Trinajstić information content (AvgIpc) is 3.07. The molecule has 1 fully saturated rings. The lowest BCUT2D eigenvalue weighted by atomic mass is 10.1. The van der Waals surface area contributed by atoms with E-state index in [1.165, 1.54) is 18.9 Å². The van der Waals surface area contributed by atoms with Crippen molar-refractivity contribution in [1.82, 2.24) is 5.32 Å². The Balaban J connectivity index is 2.17. The van der Waals surface area contributed by atoms with Crippen molar-refractivity contribution in [3.63, 3.8) is 0 Å². The van der Waals surface area contributed by atoms with Gasteiger partial charge in [-0.2, -0.15) is 0 Å². The molecule has 0 saturated heterocycles. The predicted octanol–water partition coefficient (Wildman–Crippen LogP) is 3.27. The molecule has 0 aromatic heterocycles. The molecule has 0 spiro atoms. The molecule has 0 aliphatic heterocycles. The van der Waals surface area contributed by atoms with Crippen LogP contribution in [0, 0.1) is 0 Å². The molecular weight excluding hydrogens is 340 g/mol. The van der Waals surface area contributed by atoms with Crippen molar-refractivity contribution >= 4 is 35.0 Å². The van der Waals surface area contributed by atoms with E-state index in [1.807, 2.05) is 0 Å². The molecule has 0 bridgehead atoms. The molecule has 1 saturated carbocycles. The van der Waals surface area contributed by atoms with Crippen LogP contribution in [0.15, 0.2) is 18.2 Å². The van der Waals surface area contributed by atoms with Gasteiger partial charge in [-0.15, -0.1) is 0 Å². The molecule has 1 aliphatic rings. The zero-order valence-electron chi connectivity index (χ0n) is 14.6. The molecule has 0 atom stereocenters. The molecular formula is C18H24N2O4S. The Morgan fingerprint density at radius 1 is 1.04 bits per heavy atom. The third kappa shape index (κ3) is 5.70. The lowest BCUT2D eigenvalue weighted by Gasteiger charge is -2.16. The lowest BCUT2D eigenvalue weighted by Crippen LogP contribution is -2.36. The van der Waals surface area contributed by atoms with E-state index in [-0.39, 0.29) is 24.3 Å². The number of hydrogen-bond donors (Lipinski definition) is 2. The molecule has 1 aliphatic carbocycles. The molecule has 25 heavy (non-hydrogen) atoms. The minimum absolute atomic E-state index is 0.257. The van der Waals surface area contributed by atoms with E-state index in [0.717, 1.165) is 12.8 Å². The van der Waals surface area contributed by atoms with Crippen LogP contribution in [0.5, 0.6) is 0 Å². The maximum absolute atomic E-state index is 12.0. The minimum Gasteiger partial charge on any atom is -0.462 e. The van der Waals surface area contributed by atoms with Gasteiger partial charge in [0, 0.05) is 11.7 Å². The van der Waals surface area contributed by atoms with Gasteiger partial charge in [0.05, 0.1) is 24.3 Å². The summed E-state index contributed by atoms with van der Waals surface area (Å²) in [5.74, 6) is -0.988. The maximum atomic E-state index is 12.0. The van der Waals surface area contributed by atoms with Crippen LogP contribution in [0.25, 0.3) is 0 Å². The number of benzene rings is 1. The van der Waals surface area contributed by atoms with Gasteiger partial charge in [-0.1, -0.05) is 12.8 Å². The van der Waals surface area contributed by atoms with Crippen LogP contribution in [-0.4, -0.2) is 36.3 Å². The fraction of sp³-hybridized carbons (Fsp3) is 0.500. The van der Waals surface area contributed by atoms with Gasteiger partial charge in [0.15, 0.2) is 5.11 Å². The monoisotopic (exact) mass is 364 g/mol. The molecule has 7 heteroatoms. The fourth-order valence-corrected chi connectivity index (χ4v) is 3.07. The summed E-state index contributed by atoms with van der Waals surface area (Å²) in [4.78, 5) is 24.1. The van der Waals surface area contributed by atoms with Crippen molar-refractivity contribution in [2.24, 2.45) is 0 Å². The van der Waals surface area contributed by atoms with E-state index in [9.17, 15) is 9.59 Å². The summed E-state index contributed by atoms with van der Waals surface area (Å²) < 4.78 is 10.0. The number of thiocarbonyl (C=S) groups is 1. The van der Waals surface area contributed by atoms with E-state index >= 15 is 0 Å². The second-order valence-corrected chi connectivity index (χ2v) is 6.23. The highest BCUT2D eigenvalue weighted by atomic mass is 32.1. The summed E-state index contributed by atoms with van der Waals surface area (Å²) in [6.07, 6.45) is 4.59. The Kier molecular flexibility index (Phi) is 7.18. The first-order valence-electron chi connectivity index (χ1n) is 8.60. The highest BCUT2D eigenvalue weighted by Crippen LogP contribution is 2.19. The first-order chi connectivity index (χ1) is 12.0. The zero-order chi connectivity index (χ0) is 18.2. The molecule has 2 N–H and O–H groups in total. The topological polar surface area (TPSA) is 76.7 Å². The van der Waals surface area contributed by atoms with E-state index in [1.54, 1.807) is 26.0 Å². The normalized spacial score (nSPS) is 14.0. The summed E-state index contributed by atoms with van der Waals surface area (Å²) in [5, 5.41) is 6.79. The standard InChI is InChI=1S/C18H24N2O4S/c1-3-23-16(21)12-9-13(17(22)24-4-2)11-15(10-12)20-18(25)19-14-7-5-6-8-14/h9-11,14H,3-8H2,1-2H3,(H2,19,20,25). The number of carbonyl (C=O) groups is 2. The Morgan fingerprint density at radius 3 is 2.04 bits per heavy atom. The first-order valence-corrected chi connectivity index (χ1v) is 9.01. The third-order valence-electron chi connectivity index (χ3n) is 3.90. The summed E-state index contributed by atoms with van der Waals surface area (Å²) in [6, 6.07) is 5.07. The first kappa shape index (κ1) is 19.2. The molecule has 136 valence electrons. The summed E-state index contributed by atoms with van der Waals surface area (Å²) in [6.45, 7) is 3.97. The average molecular weight is 364 g/mol. The van der Waals surface area contributed by atoms with Crippen molar-refractivity contribution in [2.75, 3.05) is 18.5 Å². The Labute approximate surface area is 153 Å². The van der Waals surface area contributed by atoms with Crippen LogP contribution < -0.4 is 10.6 Å². The van der Waals surface area contributed by atoms with Crippen LogP contribution in [0.4, 0.5) is 5.69 Å². The summed E-state index contributed by atoms with van der Waals surface area (Å²) in [7, 11) is 0. The van der Waals surface area contributed by atoms with Gasteiger partial charge >= 0.3 is 11.9 Å². The van der Waals surface area contributed by atoms with Crippen LogP contribution in [0.2, 0.25) is 0 Å². The van der Waals surface area contributed by atoms with E-state index in [4.69, 9.17) is 21.7 Å². The van der Waals surface area contributed by atoms with E-state index < -0.39 is 11.9 Å². The van der Waals surface area contributed by atoms with Gasteiger partial charge in [0.1, 0.15) is 0 Å². The van der Waals surface area contributed by atoms with Crippen LogP contribution in [0.1, 0.15) is 60.2 Å². The molecule has 0 unspecified atom stereocenters. The number of carbonyl (C=O) groups excluding carboxylic acids is 2. The molecule has 2 rings (SSSR count). The Bertz CT molecular complexity index is 606. The number of anilines is 1. The quantitative estimate of drug-likeness (QED) is 0.592. The van der Waals surface area contributed by atoms with Crippen molar-refractivity contribution in [3.05, 3.63) is 29.3 Å². The number of nitrogens with one attached hydrogen (secondary N) is 2. The largest absolute Gasteiger partial charge is 0.462 e. The number of hydrogen-bond acceptors (Lipinski definition) is 5. The third-order valence-corrected chi connectivity index (χ3v) is 4.12. The van der Waals surface area contributed by atoms with Crippen molar-refractivity contribution in [1.29, 1.82) is 0 Å². The van der Waals surface area contributed by atoms with Gasteiger partial charge in [0.2, 0.25) is 0 Å². The molecule has 1 aromatic carbocycles. The minimum atomic E-state index is -0.494. The van der Waals surface area contributed by atoms with Crippen molar-refractivity contribution in [2.45, 2.75) is 45.6 Å². The molecule has 6 nitrogen and oxygen atoms in total. The Hall–Kier alpha value is -2.15. The van der Waals surface area contributed by atoms with E-state index in [0.29, 0.717) is 16.8 Å². The molecule has 0 radical (unpaired) electrons. The number of rotatable bonds is 6. The van der Waals surface area contributed by atoms with Gasteiger partial charge in [-0.05, 0) is 57.1 Å². The lowest BCUT2D eigenvalue weighted by molar-refractivity contribution is 0.0525. The molecule has 1 aromatic rings. The van der Waals surface area contributed by atoms with Crippen LogP contribution in [-0.2, 0) is 9.47 Å². The summed E-state index contributed by atoms with van der Waals surface area (Å²) in [5.41, 5.74) is 1.10. The van der Waals surface area contributed by atoms with Gasteiger partial charge in [-0.3, -0.25) is 0 Å². The number of esters is 2. The van der Waals surface area contributed by atoms with Gasteiger partial charge in [-0.25, -0.2) is 9.59 Å². The highest BCUT2D eigenvalue weighted by Gasteiger charge is 2.17. The van der Waals surface area contributed by atoms with Crippen molar-refractivity contribution in [3.8, 4) is 0 Å². The van der Waals surface area contributed by atoms with Gasteiger partial charge in [0.25, 0.3) is 0 Å². The predicted molar refractivity (Wildman–Crippen MR) is 100.0 cm³/mol. The molecule has 0 heterocycles. The SMILES string of the molecule is CCOC(=O)c1cc(NC(=S)NC2CCCC2)cc(C(=O)OCC)c1. The van der Waals surface area contributed by atoms with Gasteiger partial charge < -0.3 is 20.1 Å². The van der Waals surface area contributed by atoms with Crippen LogP contribution in [0.3, 0.4) is 0 Å². The highest BCUT2D eigenvalue weighted by molar-refractivity contribution is 7.80. The van der Waals surface area contributed by atoms with Crippen molar-refractivity contribution < 1.29 is 19.1 Å². The zero-order valence-corrected chi connectivity index (χ0v) is 15.4. The Morgan fingerprint density at radius 2 is 1.56 bits per heavy atom. The second-order valence-electron chi connectivity index (χ2n) is 5.82.